The maximum absolute atomic E-state index is 5.36. The first kappa shape index (κ1) is 13.3. The minimum Gasteiger partial charge on any atom is -0.468 e. The minimum atomic E-state index is 0.659. The van der Waals surface area contributed by atoms with Crippen molar-refractivity contribution in [2.45, 2.75) is 39.8 Å². The van der Waals surface area contributed by atoms with E-state index in [-0.39, 0.29) is 0 Å². The van der Waals surface area contributed by atoms with Crippen molar-refractivity contribution in [2.24, 2.45) is 0 Å². The number of hydrogen-bond donors (Lipinski definition) is 1. The molecule has 0 fully saturated rings. The fourth-order valence-electron chi connectivity index (χ4n) is 1.57. The van der Waals surface area contributed by atoms with E-state index in [0.29, 0.717) is 6.04 Å². The Labute approximate surface area is 98.8 Å². The van der Waals surface area contributed by atoms with Crippen LogP contribution >= 0.6 is 0 Å². The second-order valence-electron chi connectivity index (χ2n) is 4.44. The van der Waals surface area contributed by atoms with Crippen LogP contribution in [0.2, 0.25) is 0 Å². The maximum atomic E-state index is 5.36. The zero-order valence-electron chi connectivity index (χ0n) is 10.9. The number of nitrogens with one attached hydrogen (secondary N) is 1. The van der Waals surface area contributed by atoms with Crippen molar-refractivity contribution in [3.8, 4) is 0 Å². The largest absolute Gasteiger partial charge is 0.468 e. The predicted octanol–water partition coefficient (Wildman–Crippen LogP) is 2.41. The van der Waals surface area contributed by atoms with Gasteiger partial charge in [0.15, 0.2) is 0 Å². The van der Waals surface area contributed by atoms with E-state index >= 15 is 0 Å². The van der Waals surface area contributed by atoms with Gasteiger partial charge in [-0.3, -0.25) is 0 Å². The fraction of sp³-hybridized carbons (Fsp3) is 0.692. The first-order valence-electron chi connectivity index (χ1n) is 6.09. The highest BCUT2D eigenvalue weighted by molar-refractivity contribution is 5.13. The van der Waals surface area contributed by atoms with Crippen LogP contribution in [-0.2, 0) is 6.54 Å². The Hall–Kier alpha value is -0.800. The molecule has 0 amide bonds. The Morgan fingerprint density at radius 2 is 2.25 bits per heavy atom. The van der Waals surface area contributed by atoms with E-state index in [0.717, 1.165) is 25.4 Å². The molecular formula is C13H24N2O. The van der Waals surface area contributed by atoms with Crippen LogP contribution in [-0.4, -0.2) is 31.1 Å². The van der Waals surface area contributed by atoms with Gasteiger partial charge in [0.05, 0.1) is 12.8 Å². The van der Waals surface area contributed by atoms with Gasteiger partial charge in [-0.2, -0.15) is 0 Å². The highest BCUT2D eigenvalue weighted by Gasteiger charge is 2.06. The van der Waals surface area contributed by atoms with Crippen molar-refractivity contribution < 1.29 is 4.42 Å². The third-order valence-electron chi connectivity index (χ3n) is 3.24. The van der Waals surface area contributed by atoms with Crippen LogP contribution in [0.4, 0.5) is 0 Å². The second-order valence-corrected chi connectivity index (χ2v) is 4.44. The molecule has 0 spiro atoms. The molecule has 1 N–H and O–H groups in total. The molecule has 0 aliphatic rings. The molecule has 3 heteroatoms. The molecule has 1 atom stereocenters. The first-order valence-corrected chi connectivity index (χ1v) is 6.09. The van der Waals surface area contributed by atoms with Gasteiger partial charge in [-0.1, -0.05) is 6.92 Å². The molecule has 0 saturated carbocycles. The molecule has 0 bridgehead atoms. The van der Waals surface area contributed by atoms with Crippen molar-refractivity contribution in [1.82, 2.24) is 10.2 Å². The van der Waals surface area contributed by atoms with Gasteiger partial charge in [0.1, 0.15) is 5.76 Å². The average Bonchev–Trinajstić information content (AvgIpc) is 2.69. The number of likely N-dealkylation sites (N-methyl/N-ethyl adjacent to an activating group) is 1. The number of furan rings is 1. The van der Waals surface area contributed by atoms with Gasteiger partial charge in [0.2, 0.25) is 0 Å². The van der Waals surface area contributed by atoms with E-state index in [1.807, 2.05) is 6.07 Å². The summed E-state index contributed by atoms with van der Waals surface area (Å²) in [6.45, 7) is 9.46. The summed E-state index contributed by atoms with van der Waals surface area (Å²) < 4.78 is 5.36. The molecule has 1 aromatic rings. The molecule has 0 aliphatic heterocycles. The molecule has 1 aromatic heterocycles. The summed E-state index contributed by atoms with van der Waals surface area (Å²) in [4.78, 5) is 2.38. The lowest BCUT2D eigenvalue weighted by atomic mass is 10.2. The van der Waals surface area contributed by atoms with E-state index < -0.39 is 0 Å². The highest BCUT2D eigenvalue weighted by Crippen LogP contribution is 2.07. The molecule has 1 unspecified atom stereocenters. The Morgan fingerprint density at radius 3 is 2.81 bits per heavy atom. The second kappa shape index (κ2) is 6.71. The third kappa shape index (κ3) is 3.99. The first-order chi connectivity index (χ1) is 7.65. The standard InChI is InChI=1S/C13H24N2O/c1-5-12(3)15(4)8-7-14-10-13-11(2)6-9-16-13/h6,9,12,14H,5,7-8,10H2,1-4H3. The summed E-state index contributed by atoms with van der Waals surface area (Å²) in [7, 11) is 2.17. The minimum absolute atomic E-state index is 0.659. The van der Waals surface area contributed by atoms with E-state index in [1.165, 1.54) is 12.0 Å². The lowest BCUT2D eigenvalue weighted by Crippen LogP contribution is -2.34. The van der Waals surface area contributed by atoms with Crippen LogP contribution in [0.1, 0.15) is 31.6 Å². The van der Waals surface area contributed by atoms with Gasteiger partial charge in [-0.15, -0.1) is 0 Å². The predicted molar refractivity (Wildman–Crippen MR) is 67.5 cm³/mol. The van der Waals surface area contributed by atoms with Gasteiger partial charge in [-0.05, 0) is 38.9 Å². The third-order valence-corrected chi connectivity index (χ3v) is 3.24. The fourth-order valence-corrected chi connectivity index (χ4v) is 1.57. The summed E-state index contributed by atoms with van der Waals surface area (Å²) in [5, 5.41) is 3.40. The van der Waals surface area contributed by atoms with Crippen molar-refractivity contribution >= 4 is 0 Å². The Morgan fingerprint density at radius 1 is 1.50 bits per heavy atom. The number of aryl methyl sites for hydroxylation is 1. The van der Waals surface area contributed by atoms with Gasteiger partial charge in [-0.25, -0.2) is 0 Å². The van der Waals surface area contributed by atoms with Crippen LogP contribution in [0, 0.1) is 6.92 Å². The summed E-state index contributed by atoms with van der Waals surface area (Å²) in [5.41, 5.74) is 1.22. The summed E-state index contributed by atoms with van der Waals surface area (Å²) in [5.74, 6) is 1.05. The molecule has 0 aromatic carbocycles. The number of rotatable bonds is 7. The van der Waals surface area contributed by atoms with Crippen molar-refractivity contribution in [3.63, 3.8) is 0 Å². The molecule has 0 aliphatic carbocycles. The molecule has 1 rings (SSSR count). The quantitative estimate of drug-likeness (QED) is 0.721. The maximum Gasteiger partial charge on any atom is 0.120 e. The Bertz CT molecular complexity index is 296. The summed E-state index contributed by atoms with van der Waals surface area (Å²) >= 11 is 0. The normalized spacial score (nSPS) is 13.3. The summed E-state index contributed by atoms with van der Waals surface area (Å²) in [6, 6.07) is 2.66. The lowest BCUT2D eigenvalue weighted by molar-refractivity contribution is 0.251. The van der Waals surface area contributed by atoms with E-state index in [4.69, 9.17) is 4.42 Å². The molecule has 1 heterocycles. The van der Waals surface area contributed by atoms with Crippen LogP contribution in [0.15, 0.2) is 16.7 Å². The summed E-state index contributed by atoms with van der Waals surface area (Å²) in [6.07, 6.45) is 2.95. The van der Waals surface area contributed by atoms with E-state index in [9.17, 15) is 0 Å². The van der Waals surface area contributed by atoms with E-state index in [1.54, 1.807) is 6.26 Å². The lowest BCUT2D eigenvalue weighted by Gasteiger charge is -2.23. The molecular weight excluding hydrogens is 200 g/mol. The van der Waals surface area contributed by atoms with Crippen LogP contribution in [0.25, 0.3) is 0 Å². The van der Waals surface area contributed by atoms with Gasteiger partial charge >= 0.3 is 0 Å². The molecule has 0 radical (unpaired) electrons. The van der Waals surface area contributed by atoms with Gasteiger partial charge in [0, 0.05) is 19.1 Å². The SMILES string of the molecule is CCC(C)N(C)CCNCc1occc1C. The number of nitrogens with zero attached hydrogens (tertiary/aromatic N) is 1. The smallest absolute Gasteiger partial charge is 0.120 e. The van der Waals surface area contributed by atoms with Crippen LogP contribution in [0.3, 0.4) is 0 Å². The Balaban J connectivity index is 2.15. The van der Waals surface area contributed by atoms with Crippen molar-refractivity contribution in [2.75, 3.05) is 20.1 Å². The van der Waals surface area contributed by atoms with Crippen LogP contribution < -0.4 is 5.32 Å². The average molecular weight is 224 g/mol. The van der Waals surface area contributed by atoms with Crippen molar-refractivity contribution in [1.29, 1.82) is 0 Å². The van der Waals surface area contributed by atoms with Gasteiger partial charge < -0.3 is 14.6 Å². The molecule has 16 heavy (non-hydrogen) atoms. The monoisotopic (exact) mass is 224 g/mol. The molecule has 92 valence electrons. The zero-order valence-corrected chi connectivity index (χ0v) is 10.9. The molecule has 0 saturated heterocycles. The highest BCUT2D eigenvalue weighted by atomic mass is 16.3. The Kier molecular flexibility index (Phi) is 5.56. The van der Waals surface area contributed by atoms with Crippen LogP contribution in [0.5, 0.6) is 0 Å². The van der Waals surface area contributed by atoms with E-state index in [2.05, 4.69) is 38.0 Å². The zero-order chi connectivity index (χ0) is 12.0. The number of hydrogen-bond acceptors (Lipinski definition) is 3. The topological polar surface area (TPSA) is 28.4 Å². The van der Waals surface area contributed by atoms with Gasteiger partial charge in [0.25, 0.3) is 0 Å². The molecule has 3 nitrogen and oxygen atoms in total. The van der Waals surface area contributed by atoms with Crippen molar-refractivity contribution in [3.05, 3.63) is 23.7 Å².